The molecule has 1 amide bonds. The molecule has 168 valence electrons. The minimum Gasteiger partial charge on any atom is -0.491 e. The summed E-state index contributed by atoms with van der Waals surface area (Å²) < 4.78 is 5.50. The molecule has 0 aromatic heterocycles. The van der Waals surface area contributed by atoms with E-state index in [-0.39, 0.29) is 5.91 Å². The Labute approximate surface area is 207 Å². The first-order chi connectivity index (χ1) is 16.0. The predicted molar refractivity (Wildman–Crippen MR) is 138 cm³/mol. The topological polar surface area (TPSA) is 41.9 Å². The Morgan fingerprint density at radius 2 is 1.58 bits per heavy atom. The average Bonchev–Trinajstić information content (AvgIpc) is 3.10. The van der Waals surface area contributed by atoms with Crippen LogP contribution in [0.2, 0.25) is 10.0 Å². The van der Waals surface area contributed by atoms with Crippen molar-refractivity contribution in [1.29, 1.82) is 0 Å². The van der Waals surface area contributed by atoms with Gasteiger partial charge in [-0.3, -0.25) is 14.7 Å². The SMILES string of the molecule is CCOc1c(Cl)cc(/C=C2/SC(=NCc3ccccc3)N(Cc3ccccc3)C2=O)cc1Cl. The number of amidine groups is 1. The van der Waals surface area contributed by atoms with E-state index in [1.807, 2.05) is 67.6 Å². The van der Waals surface area contributed by atoms with E-state index in [9.17, 15) is 4.79 Å². The number of halogens is 2. The minimum absolute atomic E-state index is 0.100. The summed E-state index contributed by atoms with van der Waals surface area (Å²) in [6, 6.07) is 23.4. The van der Waals surface area contributed by atoms with Crippen LogP contribution < -0.4 is 4.74 Å². The van der Waals surface area contributed by atoms with Gasteiger partial charge >= 0.3 is 0 Å². The summed E-state index contributed by atoms with van der Waals surface area (Å²) >= 11 is 14.1. The van der Waals surface area contributed by atoms with E-state index in [1.165, 1.54) is 11.8 Å². The largest absolute Gasteiger partial charge is 0.491 e. The van der Waals surface area contributed by atoms with Crippen LogP contribution in [-0.2, 0) is 17.9 Å². The van der Waals surface area contributed by atoms with Gasteiger partial charge in [0.1, 0.15) is 0 Å². The molecule has 4 nitrogen and oxygen atoms in total. The molecule has 0 radical (unpaired) electrons. The Bertz CT molecular complexity index is 1170. The maximum Gasteiger partial charge on any atom is 0.267 e. The molecule has 0 aliphatic carbocycles. The van der Waals surface area contributed by atoms with Crippen molar-refractivity contribution in [3.8, 4) is 5.75 Å². The highest BCUT2D eigenvalue weighted by molar-refractivity contribution is 8.18. The molecule has 1 heterocycles. The maximum absolute atomic E-state index is 13.3. The Morgan fingerprint density at radius 3 is 2.18 bits per heavy atom. The molecule has 1 fully saturated rings. The van der Waals surface area contributed by atoms with Gasteiger partial charge in [0.05, 0.1) is 34.6 Å². The van der Waals surface area contributed by atoms with Crippen LogP contribution in [0.3, 0.4) is 0 Å². The Balaban J connectivity index is 1.65. The van der Waals surface area contributed by atoms with Crippen molar-refractivity contribution >= 4 is 52.1 Å². The molecular formula is C26H22Cl2N2O2S. The summed E-state index contributed by atoms with van der Waals surface area (Å²) in [5.74, 6) is 0.348. The van der Waals surface area contributed by atoms with Crippen LogP contribution in [-0.4, -0.2) is 22.6 Å². The fourth-order valence-electron chi connectivity index (χ4n) is 3.37. The molecule has 4 rings (SSSR count). The number of hydrogen-bond acceptors (Lipinski definition) is 4. The molecule has 0 bridgehead atoms. The average molecular weight is 497 g/mol. The van der Waals surface area contributed by atoms with Crippen LogP contribution >= 0.6 is 35.0 Å². The molecule has 0 saturated carbocycles. The van der Waals surface area contributed by atoms with E-state index >= 15 is 0 Å². The maximum atomic E-state index is 13.3. The van der Waals surface area contributed by atoms with Crippen molar-refractivity contribution in [2.24, 2.45) is 4.99 Å². The standard InChI is InChI=1S/C26H22Cl2N2O2S/c1-2-32-24-21(27)13-20(14-22(24)28)15-23-25(31)30(17-19-11-7-4-8-12-19)26(33-23)29-16-18-9-5-3-6-10-18/h3-15H,2,16-17H2,1H3/b23-15+,29-26?. The van der Waals surface area contributed by atoms with Crippen molar-refractivity contribution in [3.05, 3.63) is 104 Å². The van der Waals surface area contributed by atoms with Crippen molar-refractivity contribution in [2.75, 3.05) is 6.61 Å². The van der Waals surface area contributed by atoms with E-state index < -0.39 is 0 Å². The molecule has 7 heteroatoms. The number of carbonyl (C=O) groups excluding carboxylic acids is 1. The number of amides is 1. The van der Waals surface area contributed by atoms with Gasteiger partial charge in [0, 0.05) is 0 Å². The van der Waals surface area contributed by atoms with Crippen molar-refractivity contribution < 1.29 is 9.53 Å². The molecule has 3 aromatic carbocycles. The minimum atomic E-state index is -0.100. The highest BCUT2D eigenvalue weighted by Gasteiger charge is 2.33. The molecule has 1 aliphatic rings. The molecule has 0 atom stereocenters. The lowest BCUT2D eigenvalue weighted by Gasteiger charge is -2.15. The zero-order chi connectivity index (χ0) is 23.2. The molecule has 0 unspecified atom stereocenters. The van der Waals surface area contributed by atoms with Crippen LogP contribution in [0.15, 0.2) is 82.7 Å². The van der Waals surface area contributed by atoms with Crippen molar-refractivity contribution in [3.63, 3.8) is 0 Å². The van der Waals surface area contributed by atoms with E-state index in [0.717, 1.165) is 16.7 Å². The van der Waals surface area contributed by atoms with E-state index in [0.29, 0.717) is 45.6 Å². The molecule has 1 saturated heterocycles. The summed E-state index contributed by atoms with van der Waals surface area (Å²) in [6.07, 6.45) is 1.80. The van der Waals surface area contributed by atoms with E-state index in [2.05, 4.69) is 0 Å². The third kappa shape index (κ3) is 5.80. The van der Waals surface area contributed by atoms with Crippen LogP contribution in [0.4, 0.5) is 0 Å². The van der Waals surface area contributed by atoms with Crippen LogP contribution in [0.5, 0.6) is 5.75 Å². The second-order valence-corrected chi connectivity index (χ2v) is 9.14. The normalized spacial score (nSPS) is 16.1. The zero-order valence-corrected chi connectivity index (χ0v) is 20.3. The summed E-state index contributed by atoms with van der Waals surface area (Å²) in [4.78, 5) is 20.4. The second kappa shape index (κ2) is 10.9. The first kappa shape index (κ1) is 23.4. The number of rotatable bonds is 7. The molecule has 0 N–H and O–H groups in total. The Hall–Kier alpha value is -2.73. The van der Waals surface area contributed by atoms with Gasteiger partial charge in [-0.15, -0.1) is 0 Å². The van der Waals surface area contributed by atoms with Crippen molar-refractivity contribution in [1.82, 2.24) is 4.90 Å². The molecule has 1 aliphatic heterocycles. The first-order valence-electron chi connectivity index (χ1n) is 10.5. The summed E-state index contributed by atoms with van der Waals surface area (Å²) in [7, 11) is 0. The fourth-order valence-corrected chi connectivity index (χ4v) is 4.96. The first-order valence-corrected chi connectivity index (χ1v) is 12.1. The van der Waals surface area contributed by atoms with Gasteiger partial charge in [0.2, 0.25) is 0 Å². The molecule has 33 heavy (non-hydrogen) atoms. The van der Waals surface area contributed by atoms with E-state index in [4.69, 9.17) is 32.9 Å². The van der Waals surface area contributed by atoms with Gasteiger partial charge in [0.25, 0.3) is 5.91 Å². The highest BCUT2D eigenvalue weighted by Crippen LogP contribution is 2.38. The second-order valence-electron chi connectivity index (χ2n) is 7.32. The van der Waals surface area contributed by atoms with Gasteiger partial charge < -0.3 is 4.74 Å². The Kier molecular flexibility index (Phi) is 7.76. The number of aliphatic imine (C=N–C) groups is 1. The number of nitrogens with zero attached hydrogens (tertiary/aromatic N) is 2. The Morgan fingerprint density at radius 1 is 0.970 bits per heavy atom. The number of ether oxygens (including phenoxy) is 1. The quantitative estimate of drug-likeness (QED) is 0.328. The lowest BCUT2D eigenvalue weighted by atomic mass is 10.2. The molecule has 3 aromatic rings. The van der Waals surface area contributed by atoms with Crippen LogP contribution in [0, 0.1) is 0 Å². The smallest absolute Gasteiger partial charge is 0.267 e. The van der Waals surface area contributed by atoms with Gasteiger partial charge in [-0.2, -0.15) is 0 Å². The third-order valence-corrected chi connectivity index (χ3v) is 6.52. The number of carbonyl (C=O) groups is 1. The summed E-state index contributed by atoms with van der Waals surface area (Å²) in [5.41, 5.74) is 2.85. The molecule has 0 spiro atoms. The van der Waals surface area contributed by atoms with E-state index in [1.54, 1.807) is 23.1 Å². The van der Waals surface area contributed by atoms with Gasteiger partial charge in [-0.05, 0) is 53.6 Å². The van der Waals surface area contributed by atoms with Gasteiger partial charge in [0.15, 0.2) is 10.9 Å². The number of thioether (sulfide) groups is 1. The lowest BCUT2D eigenvalue weighted by Crippen LogP contribution is -2.28. The molecular weight excluding hydrogens is 475 g/mol. The van der Waals surface area contributed by atoms with Gasteiger partial charge in [-0.25, -0.2) is 0 Å². The highest BCUT2D eigenvalue weighted by atomic mass is 35.5. The van der Waals surface area contributed by atoms with Crippen LogP contribution in [0.1, 0.15) is 23.6 Å². The predicted octanol–water partition coefficient (Wildman–Crippen LogP) is 7.06. The number of hydrogen-bond donors (Lipinski definition) is 0. The third-order valence-electron chi connectivity index (χ3n) is 4.92. The fraction of sp³-hybridized carbons (Fsp3) is 0.154. The van der Waals surface area contributed by atoms with Crippen molar-refractivity contribution in [2.45, 2.75) is 20.0 Å². The monoisotopic (exact) mass is 496 g/mol. The number of benzene rings is 3. The summed E-state index contributed by atoms with van der Waals surface area (Å²) in [5, 5.41) is 1.48. The summed E-state index contributed by atoms with van der Waals surface area (Å²) in [6.45, 7) is 3.27. The lowest BCUT2D eigenvalue weighted by molar-refractivity contribution is -0.122. The van der Waals surface area contributed by atoms with Gasteiger partial charge in [-0.1, -0.05) is 83.9 Å². The van der Waals surface area contributed by atoms with Crippen LogP contribution in [0.25, 0.3) is 6.08 Å². The zero-order valence-electron chi connectivity index (χ0n) is 18.0.